The van der Waals surface area contributed by atoms with Crippen LogP contribution in [-0.4, -0.2) is 56.7 Å². The predicted molar refractivity (Wildman–Crippen MR) is 443 cm³/mol. The largest absolute Gasteiger partial charge is 0.244 e. The van der Waals surface area contributed by atoms with E-state index in [-0.39, 0.29) is 40.4 Å². The summed E-state index contributed by atoms with van der Waals surface area (Å²) in [5.74, 6) is 2.74. The molecule has 0 spiro atoms. The normalized spacial score (nSPS) is 16.7. The number of hydrogen-bond donors (Lipinski definition) is 0. The lowest BCUT2D eigenvalue weighted by Gasteiger charge is -2.39. The van der Waals surface area contributed by atoms with Crippen molar-refractivity contribution in [1.82, 2.24) is 0 Å². The maximum absolute atomic E-state index is 14.3. The van der Waals surface area contributed by atoms with Gasteiger partial charge in [0.05, 0.1) is 0 Å². The molecule has 0 aliphatic heterocycles. The summed E-state index contributed by atoms with van der Waals surface area (Å²) < 4.78 is 135. The van der Waals surface area contributed by atoms with Crippen molar-refractivity contribution in [3.8, 4) is 0 Å². The first-order valence-corrected chi connectivity index (χ1v) is 42.4. The van der Waals surface area contributed by atoms with Crippen molar-refractivity contribution < 1.29 is 43.9 Å². The number of rotatable bonds is 38. The first kappa shape index (κ1) is 121. The summed E-state index contributed by atoms with van der Waals surface area (Å²) in [6.07, 6.45) is 21.8. The minimum Gasteiger partial charge on any atom is -0.244 e. The second kappa shape index (κ2) is 61.1. The predicted octanol–water partition coefficient (Wildman–Crippen LogP) is 35.9. The van der Waals surface area contributed by atoms with Crippen LogP contribution in [0.4, 0.5) is 43.9 Å². The molecule has 10 heteroatoms. The molecular weight excluding hydrogens is 1280 g/mol. The van der Waals surface area contributed by atoms with Crippen molar-refractivity contribution in [2.75, 3.05) is 0 Å². The lowest BCUT2D eigenvalue weighted by Crippen LogP contribution is -2.39. The van der Waals surface area contributed by atoms with E-state index in [1.54, 1.807) is 69.2 Å². The molecule has 101 heavy (non-hydrogen) atoms. The van der Waals surface area contributed by atoms with E-state index < -0.39 is 56.7 Å². The van der Waals surface area contributed by atoms with Crippen LogP contribution in [0.2, 0.25) is 0 Å². The summed E-state index contributed by atoms with van der Waals surface area (Å²) >= 11 is 0. The van der Waals surface area contributed by atoms with Gasteiger partial charge < -0.3 is 0 Å². The molecular formula is C91H192F10. The lowest BCUT2D eigenvalue weighted by molar-refractivity contribution is 0.00460. The van der Waals surface area contributed by atoms with Gasteiger partial charge in [0.2, 0.25) is 0 Å². The Bertz CT molecular complexity index is 1710. The first-order chi connectivity index (χ1) is 45.5. The van der Waals surface area contributed by atoms with Gasteiger partial charge in [-0.1, -0.05) is 293 Å². The molecule has 8 atom stereocenters. The molecule has 0 radical (unpaired) electrons. The molecule has 0 rings (SSSR count). The average molecular weight is 1480 g/mol. The van der Waals surface area contributed by atoms with Crippen LogP contribution in [0.15, 0.2) is 0 Å². The summed E-state index contributed by atoms with van der Waals surface area (Å²) in [5.41, 5.74) is -9.81. The molecule has 0 aromatic rings. The highest BCUT2D eigenvalue weighted by Crippen LogP contribution is 2.45. The summed E-state index contributed by atoms with van der Waals surface area (Å²) in [6.45, 7) is 83.9. The third-order valence-electron chi connectivity index (χ3n) is 24.2. The quantitative estimate of drug-likeness (QED) is 0.0541. The monoisotopic (exact) mass is 1480 g/mol. The van der Waals surface area contributed by atoms with Crippen molar-refractivity contribution >= 4 is 0 Å². The summed E-state index contributed by atoms with van der Waals surface area (Å²) in [6, 6.07) is 0. The van der Waals surface area contributed by atoms with E-state index in [9.17, 15) is 43.9 Å². The van der Waals surface area contributed by atoms with Crippen molar-refractivity contribution in [3.05, 3.63) is 0 Å². The number of alkyl halides is 10. The first-order valence-electron chi connectivity index (χ1n) is 42.4. The van der Waals surface area contributed by atoms with Gasteiger partial charge in [0.15, 0.2) is 0 Å². The molecule has 0 N–H and O–H groups in total. The Morgan fingerprint density at radius 1 is 0.208 bits per heavy atom. The van der Waals surface area contributed by atoms with Gasteiger partial charge in [-0.15, -0.1) is 0 Å². The van der Waals surface area contributed by atoms with Gasteiger partial charge in [-0.3, -0.25) is 0 Å². The Kier molecular flexibility index (Phi) is 73.4. The van der Waals surface area contributed by atoms with Crippen LogP contribution in [0.5, 0.6) is 0 Å². The SMILES string of the molecule is CCC(C)(CC)[C@@](C)(F)CC.CCC(C)(F)CC.CCC(CC)[C@@](C)(F)CC.CCCC(C)(F)CCC.CCC[C@@](C)(F)CC.CCC[C@](C)(F)C(C(C)C)C(C)C.CCC[C@](C)(F)C(C)(CC)CC.CCC[C@](C)(F)C(CC)CC.CC[C@](C)(F)C(C(C)C)C(C)C.CC[C@](C)(F)C(C)C. The molecule has 0 bridgehead atoms. The highest BCUT2D eigenvalue weighted by atomic mass is 19.2. The zero-order valence-corrected chi connectivity index (χ0v) is 77.1. The minimum absolute atomic E-state index is 0.136. The molecule has 0 nitrogen and oxygen atoms in total. The molecule has 0 fully saturated rings. The van der Waals surface area contributed by atoms with Crippen LogP contribution in [0.3, 0.4) is 0 Å². The zero-order chi connectivity index (χ0) is 83.3. The molecule has 0 heterocycles. The Morgan fingerprint density at radius 2 is 0.446 bits per heavy atom. The van der Waals surface area contributed by atoms with Crippen LogP contribution in [0.25, 0.3) is 0 Å². The van der Waals surface area contributed by atoms with E-state index in [0.717, 1.165) is 89.9 Å². The van der Waals surface area contributed by atoms with E-state index in [2.05, 4.69) is 125 Å². The maximum atomic E-state index is 14.3. The second-order valence-electron chi connectivity index (χ2n) is 34.7. The number of halogens is 10. The Balaban J connectivity index is -0.000000114. The topological polar surface area (TPSA) is 0 Å². The fraction of sp³-hybridized carbons (Fsp3) is 1.00. The average Bonchev–Trinajstić information content (AvgIpc) is 0.832. The van der Waals surface area contributed by atoms with Crippen LogP contribution in [0.1, 0.15) is 471 Å². The summed E-state index contributed by atoms with van der Waals surface area (Å²) in [7, 11) is 0. The van der Waals surface area contributed by atoms with E-state index in [1.807, 2.05) is 104 Å². The van der Waals surface area contributed by atoms with Gasteiger partial charge in [0.25, 0.3) is 0 Å². The maximum Gasteiger partial charge on any atom is 0.113 e. The molecule has 0 aliphatic rings. The van der Waals surface area contributed by atoms with Crippen LogP contribution in [0, 0.1) is 64.1 Å². The standard InChI is InChI=1S/C12H25F.2C11H23F.2C10H21F.C9H19F.C8H17F.2C7H15F.C6H13F/c1-7-8-12(6,13)11(9(2)3)10(4)5;1-7-11(6,12)10(8(2)3)9(4)5;1-6-9-11(5,12)10(4,7-2)8-3;1-6-9(4,7-2)10(5,11)8-3;1-5-8-10(4,11)9(6-2)7-3;1-5-8(6-2)9(4,10)7-3;1-4-6-8(3,9)7-5-2;1-5-7(4,8)6(2)3;1-4-6-7(3,8)5-2;1-4-6(3,7)5-2/h9-11H,7-8H2,1-6H3;8-10H,7H2,1-6H3;6-9H2,1-5H3;6-8H2,1-5H3;9H,5-8H2,1-4H3;8H,5-7H2,1-4H3;4-7H2,1-3H3;6H,5H2,1-4H3;4-6H2,1-3H3;4-5H2,1-3H3/t12-;2*11-;2*10-;9-;;2*7-;/m000000.00./s1. The Labute approximate surface area is 632 Å². The van der Waals surface area contributed by atoms with Crippen molar-refractivity contribution in [1.29, 1.82) is 0 Å². The van der Waals surface area contributed by atoms with Gasteiger partial charge in [0, 0.05) is 10.8 Å². The van der Waals surface area contributed by atoms with Crippen LogP contribution >= 0.6 is 0 Å². The molecule has 0 aromatic carbocycles. The molecule has 0 saturated carbocycles. The second-order valence-corrected chi connectivity index (χ2v) is 34.7. The van der Waals surface area contributed by atoms with Crippen LogP contribution < -0.4 is 0 Å². The van der Waals surface area contributed by atoms with Crippen molar-refractivity contribution in [3.63, 3.8) is 0 Å². The van der Waals surface area contributed by atoms with Crippen LogP contribution in [-0.2, 0) is 0 Å². The summed E-state index contributed by atoms with van der Waals surface area (Å²) in [4.78, 5) is 0. The van der Waals surface area contributed by atoms with Gasteiger partial charge in [-0.05, 0) is 232 Å². The fourth-order valence-electron chi connectivity index (χ4n) is 14.2. The molecule has 0 saturated heterocycles. The van der Waals surface area contributed by atoms with E-state index in [1.165, 1.54) is 0 Å². The van der Waals surface area contributed by atoms with Crippen molar-refractivity contribution in [2.45, 2.75) is 528 Å². The Morgan fingerprint density at radius 3 is 0.594 bits per heavy atom. The van der Waals surface area contributed by atoms with E-state index in [4.69, 9.17) is 0 Å². The highest BCUT2D eigenvalue weighted by molar-refractivity contribution is 4.93. The zero-order valence-electron chi connectivity index (χ0n) is 77.1. The Hall–Kier alpha value is -0.700. The van der Waals surface area contributed by atoms with Crippen molar-refractivity contribution in [2.24, 2.45) is 64.1 Å². The molecule has 0 amide bonds. The van der Waals surface area contributed by atoms with Gasteiger partial charge in [-0.2, -0.15) is 0 Å². The number of hydrogen-bond acceptors (Lipinski definition) is 0. The smallest absolute Gasteiger partial charge is 0.113 e. The van der Waals surface area contributed by atoms with E-state index >= 15 is 0 Å². The third-order valence-corrected chi connectivity index (χ3v) is 24.2. The summed E-state index contributed by atoms with van der Waals surface area (Å²) in [5, 5.41) is 0. The third kappa shape index (κ3) is 57.1. The minimum atomic E-state index is -1.00. The molecule has 0 unspecified atom stereocenters. The molecule has 626 valence electrons. The van der Waals surface area contributed by atoms with Gasteiger partial charge in [0.1, 0.15) is 56.7 Å². The fourth-order valence-corrected chi connectivity index (χ4v) is 14.2. The molecule has 0 aliphatic carbocycles. The van der Waals surface area contributed by atoms with Gasteiger partial charge in [-0.25, -0.2) is 43.9 Å². The lowest BCUT2D eigenvalue weighted by atomic mass is 9.70. The van der Waals surface area contributed by atoms with Gasteiger partial charge >= 0.3 is 0 Å². The molecule has 0 aromatic heterocycles. The van der Waals surface area contributed by atoms with E-state index in [0.29, 0.717) is 107 Å². The highest BCUT2D eigenvalue weighted by Gasteiger charge is 2.43.